The summed E-state index contributed by atoms with van der Waals surface area (Å²) in [5, 5.41) is 69.3. The molecule has 3 saturated heterocycles. The molecule has 17 nitrogen and oxygen atoms in total. The van der Waals surface area contributed by atoms with Crippen molar-refractivity contribution in [2.24, 2.45) is 24.8 Å². The number of carbonyl (C=O) groups is 2. The van der Waals surface area contributed by atoms with Crippen LogP contribution in [0, 0.1) is 17.8 Å². The van der Waals surface area contributed by atoms with Crippen molar-refractivity contribution in [2.45, 2.75) is 262 Å². The van der Waals surface area contributed by atoms with Crippen molar-refractivity contribution in [3.05, 3.63) is 73.1 Å². The zero-order chi connectivity index (χ0) is 62.4. The molecule has 85 heavy (non-hydrogen) atoms. The maximum Gasteiger partial charge on any atom is 0.311 e. The molecule has 0 aliphatic carbocycles. The maximum atomic E-state index is 14.7. The molecule has 3 aliphatic heterocycles. The van der Waals surface area contributed by atoms with Crippen LogP contribution in [0.1, 0.15) is 172 Å². The van der Waals surface area contributed by atoms with E-state index in [1.165, 1.54) is 62.1 Å². The van der Waals surface area contributed by atoms with E-state index in [0.717, 1.165) is 38.3 Å². The predicted molar refractivity (Wildman–Crippen MR) is 335 cm³/mol. The Balaban J connectivity index is 1.11. The van der Waals surface area contributed by atoms with Crippen molar-refractivity contribution in [3.63, 3.8) is 0 Å². The average Bonchev–Trinajstić information content (AvgIpc) is 3.87. The third-order valence-electron chi connectivity index (χ3n) is 19.1. The normalized spacial score (nSPS) is 34.8. The minimum absolute atomic E-state index is 0.0745. The van der Waals surface area contributed by atoms with Gasteiger partial charge in [-0.1, -0.05) is 109 Å². The maximum absolute atomic E-state index is 14.7. The van der Waals surface area contributed by atoms with Crippen molar-refractivity contribution in [3.8, 4) is 0 Å². The zero-order valence-corrected chi connectivity index (χ0v) is 54.9. The van der Waals surface area contributed by atoms with Gasteiger partial charge in [-0.25, -0.2) is 0 Å². The molecule has 0 unspecified atom stereocenters. The molecule has 0 radical (unpaired) electrons. The van der Waals surface area contributed by atoms with Gasteiger partial charge < -0.3 is 63.8 Å². The van der Waals surface area contributed by atoms with E-state index in [2.05, 4.69) is 78.2 Å². The summed E-state index contributed by atoms with van der Waals surface area (Å²) in [6.45, 7) is 17.5. The van der Waals surface area contributed by atoms with E-state index in [9.17, 15) is 35.1 Å². The molecule has 6 rings (SSSR count). The van der Waals surface area contributed by atoms with Gasteiger partial charge in [0.25, 0.3) is 0 Å². The molecule has 5 N–H and O–H groups in total. The summed E-state index contributed by atoms with van der Waals surface area (Å²) in [6, 6.07) is 20.8. The molecule has 0 bridgehead atoms. The number of aliphatic hydroxyl groups is 5. The molecule has 2 aromatic carbocycles. The quantitative estimate of drug-likeness (QED) is 0.0325. The number of rotatable bonds is 24. The van der Waals surface area contributed by atoms with Crippen LogP contribution >= 0.6 is 7.26 Å². The highest BCUT2D eigenvalue weighted by atomic mass is 31.2. The predicted octanol–water partition coefficient (Wildman–Crippen LogP) is 8.21. The second kappa shape index (κ2) is 31.8. The van der Waals surface area contributed by atoms with Gasteiger partial charge in [-0.15, -0.1) is 0 Å². The Morgan fingerprint density at radius 2 is 1.34 bits per heavy atom. The Morgan fingerprint density at radius 1 is 0.776 bits per heavy atom. The van der Waals surface area contributed by atoms with E-state index in [0.29, 0.717) is 12.8 Å². The summed E-state index contributed by atoms with van der Waals surface area (Å²) in [6.07, 6.45) is 8.01. The molecule has 1 aromatic heterocycles. The van der Waals surface area contributed by atoms with Gasteiger partial charge in [0.05, 0.1) is 66.1 Å². The number of aryl methyl sites for hydroxylation is 1. The van der Waals surface area contributed by atoms with Gasteiger partial charge in [-0.3, -0.25) is 14.3 Å². The highest BCUT2D eigenvalue weighted by Crippen LogP contribution is 2.56. The van der Waals surface area contributed by atoms with Gasteiger partial charge in [0.1, 0.15) is 53.2 Å². The summed E-state index contributed by atoms with van der Waals surface area (Å²) < 4.78 is 40.2. The smallest absolute Gasteiger partial charge is 0.311 e. The first-order valence-electron chi connectivity index (χ1n) is 32.0. The van der Waals surface area contributed by atoms with Crippen LogP contribution in [0.4, 0.5) is 0 Å². The molecule has 3 aromatic rings. The third-order valence-corrected chi connectivity index (χ3v) is 23.6. The monoisotopic (exact) mass is 1210 g/mol. The standard InChI is InChI=1S/C67H110N4O13P/c1-15-55-67(10,78)60(74)49(6)71(56(72)37-31-23-21-19-17-16-18-20-22-24-32-38-85(51-33-27-25-28-34-51,52-35-29-26-30-36-52)53-42-68-70(13)44-53)43-45(2)40-65(8,77)62(84-64-58(73)54(69(11)12)39-46(3)80-64)47(4)59(48(5)63(76)82-55)83-57-41-66(9,79-14)61(75)50(7)81-57/h25-30,33-36,42,44-50,54-55,57-62,64,73-75,77-78H,15-24,31-32,37-41,43H2,1-14H3/q+1/t45-,46-,47+,48-,49-,50+,54+,55-,57+,58-,59+,60-,61+,62-,64+,65-,66-,67-/m1/s1. The molecule has 4 heterocycles. The Labute approximate surface area is 510 Å². The molecule has 480 valence electrons. The topological polar surface area (TPSA) is 215 Å². The van der Waals surface area contributed by atoms with E-state index in [-0.39, 0.29) is 50.3 Å². The van der Waals surface area contributed by atoms with Crippen molar-refractivity contribution < 1.29 is 63.5 Å². The fourth-order valence-electron chi connectivity index (χ4n) is 14.0. The summed E-state index contributed by atoms with van der Waals surface area (Å²) in [4.78, 5) is 32.8. The first kappa shape index (κ1) is 70.7. The number of benzene rings is 2. The minimum Gasteiger partial charge on any atom is -0.459 e. The van der Waals surface area contributed by atoms with Gasteiger partial charge in [0.15, 0.2) is 12.6 Å². The summed E-state index contributed by atoms with van der Waals surface area (Å²) >= 11 is 0. The number of cyclic esters (lactones) is 1. The molecular weight excluding hydrogens is 1100 g/mol. The molecule has 18 atom stereocenters. The van der Waals surface area contributed by atoms with Gasteiger partial charge in [0.2, 0.25) is 5.91 Å². The summed E-state index contributed by atoms with van der Waals surface area (Å²) in [5.74, 6) is -3.26. The van der Waals surface area contributed by atoms with E-state index in [1.54, 1.807) is 53.4 Å². The summed E-state index contributed by atoms with van der Waals surface area (Å²) in [5.41, 5.74) is -4.79. The number of aromatic nitrogens is 2. The van der Waals surface area contributed by atoms with Crippen LogP contribution in [0.2, 0.25) is 0 Å². The molecular formula is C67H110N4O13P+. The molecule has 3 aliphatic rings. The van der Waals surface area contributed by atoms with Gasteiger partial charge in [-0.05, 0) is 131 Å². The third kappa shape index (κ3) is 17.7. The van der Waals surface area contributed by atoms with Crippen LogP contribution in [-0.4, -0.2) is 181 Å². The number of aliphatic hydroxyl groups excluding tert-OH is 3. The second-order valence-corrected chi connectivity index (χ2v) is 30.1. The fraction of sp³-hybridized carbons (Fsp3) is 0.746. The number of unbranched alkanes of at least 4 members (excludes halogenated alkanes) is 10. The number of likely N-dealkylation sites (N-methyl/N-ethyl adjacent to an activating group) is 1. The number of ether oxygens (including phenoxy) is 6. The van der Waals surface area contributed by atoms with E-state index >= 15 is 0 Å². The number of esters is 1. The zero-order valence-electron chi connectivity index (χ0n) is 54.1. The number of carbonyl (C=O) groups excluding carboxylic acids is 2. The number of hydrogen-bond donors (Lipinski definition) is 5. The summed E-state index contributed by atoms with van der Waals surface area (Å²) in [7, 11) is 5.40. The highest BCUT2D eigenvalue weighted by molar-refractivity contribution is 7.95. The van der Waals surface area contributed by atoms with Crippen molar-refractivity contribution in [1.29, 1.82) is 0 Å². The lowest BCUT2D eigenvalue weighted by Gasteiger charge is -2.48. The van der Waals surface area contributed by atoms with Crippen molar-refractivity contribution in [2.75, 3.05) is 33.9 Å². The number of methoxy groups -OCH3 is 1. The Morgan fingerprint density at radius 3 is 1.87 bits per heavy atom. The first-order chi connectivity index (χ1) is 40.2. The van der Waals surface area contributed by atoms with Crippen LogP contribution in [-0.2, 0) is 45.1 Å². The molecule has 1 amide bonds. The van der Waals surface area contributed by atoms with Crippen molar-refractivity contribution >= 4 is 35.1 Å². The average molecular weight is 1210 g/mol. The second-order valence-electron chi connectivity index (χ2n) is 26.5. The minimum atomic E-state index is -2.00. The molecule has 3 fully saturated rings. The van der Waals surface area contributed by atoms with Gasteiger partial charge >= 0.3 is 5.97 Å². The lowest BCUT2D eigenvalue weighted by atomic mass is 9.77. The Hall–Kier alpha value is -3.42. The molecule has 0 spiro atoms. The van der Waals surface area contributed by atoms with Crippen LogP contribution in [0.3, 0.4) is 0 Å². The fourth-order valence-corrected chi connectivity index (χ4v) is 18.3. The lowest BCUT2D eigenvalue weighted by Crippen LogP contribution is -2.60. The van der Waals surface area contributed by atoms with Gasteiger partial charge in [0, 0.05) is 45.5 Å². The Bertz CT molecular complexity index is 2430. The largest absolute Gasteiger partial charge is 0.459 e. The van der Waals surface area contributed by atoms with Crippen LogP contribution < -0.4 is 15.9 Å². The first-order valence-corrected chi connectivity index (χ1v) is 34.0. The van der Waals surface area contributed by atoms with E-state index in [1.807, 2.05) is 44.6 Å². The number of hydrogen-bond acceptors (Lipinski definition) is 15. The van der Waals surface area contributed by atoms with Crippen LogP contribution in [0.25, 0.3) is 0 Å². The van der Waals surface area contributed by atoms with Crippen LogP contribution in [0.15, 0.2) is 73.1 Å². The number of nitrogens with zero attached hydrogens (tertiary/aromatic N) is 4. The highest BCUT2D eigenvalue weighted by Gasteiger charge is 2.53. The SMILES string of the molecule is CC[C@H]1OC(=O)[C@H](C)[C@@H](O[C@H]2C[C@@](C)(OC)[C@@H](O)[C@H](C)O2)[C@H](C)[C@@H](O[C@@H]2O[C@H](C)C[C@H](N(C)C)[C@H]2O)[C@](C)(O)C[C@@H](C)CN(C(=O)CCCCCCCCCCCCC[P+](c2ccccc2)(c2ccccc2)c2cnn(C)c2)[C@H](C)[C@@H](O)[C@]1(C)O. The molecule has 0 saturated carbocycles. The van der Waals surface area contributed by atoms with E-state index in [4.69, 9.17) is 28.4 Å². The lowest BCUT2D eigenvalue weighted by molar-refractivity contribution is -0.318. The Kier molecular flexibility index (Phi) is 26.5. The van der Waals surface area contributed by atoms with Crippen molar-refractivity contribution in [1.82, 2.24) is 19.6 Å². The van der Waals surface area contributed by atoms with E-state index < -0.39 is 109 Å². The molecule has 18 heteroatoms. The number of amides is 1. The van der Waals surface area contributed by atoms with Gasteiger partial charge in [-0.2, -0.15) is 5.10 Å². The van der Waals surface area contributed by atoms with Crippen LogP contribution in [0.5, 0.6) is 0 Å².